The average Bonchev–Trinajstić information content (AvgIpc) is 2.86. The van der Waals surface area contributed by atoms with Crippen molar-refractivity contribution in [3.63, 3.8) is 0 Å². The first-order chi connectivity index (χ1) is 7.25. The van der Waals surface area contributed by atoms with Crippen LogP contribution in [-0.4, -0.2) is 30.3 Å². The van der Waals surface area contributed by atoms with E-state index in [0.717, 1.165) is 32.4 Å². The van der Waals surface area contributed by atoms with Crippen LogP contribution >= 0.6 is 0 Å². The molecule has 3 atom stereocenters. The van der Waals surface area contributed by atoms with Gasteiger partial charge in [0, 0.05) is 0 Å². The smallest absolute Gasteiger partial charge is 0.306 e. The molecular weight excluding hydrogens is 192 g/mol. The molecule has 0 amide bonds. The van der Waals surface area contributed by atoms with Crippen LogP contribution in [0.25, 0.3) is 0 Å². The predicted molar refractivity (Wildman–Crippen MR) is 57.5 cm³/mol. The Bertz CT molecular complexity index is 227. The Kier molecular flexibility index (Phi) is 3.59. The molecule has 2 rings (SSSR count). The molecule has 0 bridgehead atoms. The fourth-order valence-electron chi connectivity index (χ4n) is 2.65. The standard InChI is InChI=1S/C11H20N2O2/c14-11(15)9-4-3-8(6-9)7-13-10-2-1-5-12-10/h8-10,12-13H,1-7H2,(H,14,15). The van der Waals surface area contributed by atoms with Gasteiger partial charge >= 0.3 is 5.97 Å². The number of nitrogens with one attached hydrogen (secondary N) is 2. The van der Waals surface area contributed by atoms with Gasteiger partial charge in [0.05, 0.1) is 12.1 Å². The fraction of sp³-hybridized carbons (Fsp3) is 0.909. The van der Waals surface area contributed by atoms with E-state index >= 15 is 0 Å². The van der Waals surface area contributed by atoms with E-state index in [1.165, 1.54) is 12.8 Å². The summed E-state index contributed by atoms with van der Waals surface area (Å²) >= 11 is 0. The second-order valence-electron chi connectivity index (χ2n) is 4.77. The van der Waals surface area contributed by atoms with Crippen LogP contribution < -0.4 is 10.6 Å². The first-order valence-corrected chi connectivity index (χ1v) is 5.95. The summed E-state index contributed by atoms with van der Waals surface area (Å²) in [6.07, 6.45) is 5.70. The van der Waals surface area contributed by atoms with Gasteiger partial charge in [0.2, 0.25) is 0 Å². The number of aliphatic carboxylic acids is 1. The summed E-state index contributed by atoms with van der Waals surface area (Å²) in [5.74, 6) is -0.140. The molecule has 1 saturated carbocycles. The highest BCUT2D eigenvalue weighted by atomic mass is 16.4. The van der Waals surface area contributed by atoms with Crippen LogP contribution in [0, 0.1) is 11.8 Å². The molecule has 0 spiro atoms. The summed E-state index contributed by atoms with van der Waals surface area (Å²) in [6, 6.07) is 0. The van der Waals surface area contributed by atoms with Gasteiger partial charge in [-0.2, -0.15) is 0 Å². The van der Waals surface area contributed by atoms with Crippen LogP contribution in [0.1, 0.15) is 32.1 Å². The third-order valence-electron chi connectivity index (χ3n) is 3.60. The second-order valence-corrected chi connectivity index (χ2v) is 4.77. The molecule has 1 aliphatic carbocycles. The van der Waals surface area contributed by atoms with Crippen LogP contribution in [0.4, 0.5) is 0 Å². The Morgan fingerprint density at radius 3 is 2.87 bits per heavy atom. The summed E-state index contributed by atoms with van der Waals surface area (Å²) in [4.78, 5) is 10.8. The minimum atomic E-state index is -0.614. The van der Waals surface area contributed by atoms with Crippen LogP contribution in [0.2, 0.25) is 0 Å². The number of carboxylic acid groups (broad SMARTS) is 1. The normalized spacial score (nSPS) is 35.9. The van der Waals surface area contributed by atoms with Gasteiger partial charge < -0.3 is 15.7 Å². The monoisotopic (exact) mass is 212 g/mol. The lowest BCUT2D eigenvalue weighted by atomic mass is 10.1. The Labute approximate surface area is 90.4 Å². The van der Waals surface area contributed by atoms with Crippen LogP contribution in [0.5, 0.6) is 0 Å². The number of hydrogen-bond acceptors (Lipinski definition) is 3. The number of hydrogen-bond donors (Lipinski definition) is 3. The zero-order valence-corrected chi connectivity index (χ0v) is 9.04. The van der Waals surface area contributed by atoms with Gasteiger partial charge in [0.15, 0.2) is 0 Å². The highest BCUT2D eigenvalue weighted by Crippen LogP contribution is 2.30. The lowest BCUT2D eigenvalue weighted by molar-refractivity contribution is -0.141. The lowest BCUT2D eigenvalue weighted by Gasteiger charge is -2.16. The van der Waals surface area contributed by atoms with Crippen molar-refractivity contribution >= 4 is 5.97 Å². The highest BCUT2D eigenvalue weighted by Gasteiger charge is 2.29. The minimum absolute atomic E-state index is 0.0895. The highest BCUT2D eigenvalue weighted by molar-refractivity contribution is 5.70. The SMILES string of the molecule is O=C(O)C1CCC(CNC2CCCN2)C1. The average molecular weight is 212 g/mol. The molecule has 1 aliphatic heterocycles. The molecule has 1 heterocycles. The van der Waals surface area contributed by atoms with Crippen molar-refractivity contribution in [2.45, 2.75) is 38.3 Å². The van der Waals surface area contributed by atoms with Crippen molar-refractivity contribution in [1.82, 2.24) is 10.6 Å². The van der Waals surface area contributed by atoms with E-state index in [1.807, 2.05) is 0 Å². The van der Waals surface area contributed by atoms with E-state index in [9.17, 15) is 4.79 Å². The molecule has 15 heavy (non-hydrogen) atoms. The van der Waals surface area contributed by atoms with Crippen molar-refractivity contribution < 1.29 is 9.90 Å². The lowest BCUT2D eigenvalue weighted by Crippen LogP contribution is -2.39. The Hall–Kier alpha value is -0.610. The zero-order valence-electron chi connectivity index (χ0n) is 9.04. The van der Waals surface area contributed by atoms with E-state index in [-0.39, 0.29) is 5.92 Å². The van der Waals surface area contributed by atoms with Gasteiger partial charge in [-0.3, -0.25) is 4.79 Å². The third kappa shape index (κ3) is 2.92. The first-order valence-electron chi connectivity index (χ1n) is 5.95. The number of carboxylic acids is 1. The summed E-state index contributed by atoms with van der Waals surface area (Å²) in [5, 5.41) is 15.7. The maximum atomic E-state index is 10.8. The maximum Gasteiger partial charge on any atom is 0.306 e. The molecule has 2 aliphatic rings. The van der Waals surface area contributed by atoms with E-state index in [4.69, 9.17) is 5.11 Å². The molecule has 4 heteroatoms. The summed E-state index contributed by atoms with van der Waals surface area (Å²) in [7, 11) is 0. The van der Waals surface area contributed by atoms with Crippen molar-refractivity contribution in [1.29, 1.82) is 0 Å². The van der Waals surface area contributed by atoms with Crippen LogP contribution in [0.15, 0.2) is 0 Å². The Morgan fingerprint density at radius 2 is 2.27 bits per heavy atom. The molecule has 1 saturated heterocycles. The summed E-state index contributed by atoms with van der Waals surface area (Å²) in [5.41, 5.74) is 0. The van der Waals surface area contributed by atoms with Crippen LogP contribution in [-0.2, 0) is 4.79 Å². The zero-order chi connectivity index (χ0) is 10.7. The topological polar surface area (TPSA) is 61.4 Å². The third-order valence-corrected chi connectivity index (χ3v) is 3.60. The van der Waals surface area contributed by atoms with E-state index in [0.29, 0.717) is 12.1 Å². The number of carbonyl (C=O) groups is 1. The Morgan fingerprint density at radius 1 is 1.40 bits per heavy atom. The van der Waals surface area contributed by atoms with Crippen LogP contribution in [0.3, 0.4) is 0 Å². The molecule has 2 fully saturated rings. The van der Waals surface area contributed by atoms with E-state index in [1.54, 1.807) is 0 Å². The molecule has 0 aromatic heterocycles. The predicted octanol–water partition coefficient (Wildman–Crippen LogP) is 0.786. The Balaban J connectivity index is 1.66. The molecule has 86 valence electrons. The fourth-order valence-corrected chi connectivity index (χ4v) is 2.65. The van der Waals surface area contributed by atoms with Gasteiger partial charge in [-0.25, -0.2) is 0 Å². The quantitative estimate of drug-likeness (QED) is 0.644. The summed E-state index contributed by atoms with van der Waals surface area (Å²) in [6.45, 7) is 2.08. The largest absolute Gasteiger partial charge is 0.481 e. The molecule has 0 aromatic rings. The van der Waals surface area contributed by atoms with Crippen molar-refractivity contribution in [2.75, 3.05) is 13.1 Å². The first kappa shape index (κ1) is 10.9. The van der Waals surface area contributed by atoms with Crippen molar-refractivity contribution in [3.8, 4) is 0 Å². The molecule has 0 radical (unpaired) electrons. The van der Waals surface area contributed by atoms with Gasteiger partial charge in [-0.1, -0.05) is 0 Å². The van der Waals surface area contributed by atoms with Gasteiger partial charge in [0.25, 0.3) is 0 Å². The molecular formula is C11H20N2O2. The second kappa shape index (κ2) is 4.94. The van der Waals surface area contributed by atoms with E-state index in [2.05, 4.69) is 10.6 Å². The molecule has 0 aromatic carbocycles. The van der Waals surface area contributed by atoms with Gasteiger partial charge in [-0.15, -0.1) is 0 Å². The minimum Gasteiger partial charge on any atom is -0.481 e. The van der Waals surface area contributed by atoms with E-state index < -0.39 is 5.97 Å². The summed E-state index contributed by atoms with van der Waals surface area (Å²) < 4.78 is 0. The maximum absolute atomic E-state index is 10.8. The number of rotatable bonds is 4. The molecule has 4 nitrogen and oxygen atoms in total. The van der Waals surface area contributed by atoms with Gasteiger partial charge in [0.1, 0.15) is 0 Å². The molecule has 3 N–H and O–H groups in total. The molecule has 3 unspecified atom stereocenters. The van der Waals surface area contributed by atoms with Gasteiger partial charge in [-0.05, 0) is 51.1 Å². The van der Waals surface area contributed by atoms with Crippen molar-refractivity contribution in [3.05, 3.63) is 0 Å². The van der Waals surface area contributed by atoms with Crippen molar-refractivity contribution in [2.24, 2.45) is 11.8 Å².